The Bertz CT molecular complexity index is 901. The Labute approximate surface area is 147 Å². The molecular weight excluding hydrogens is 310 g/mol. The van der Waals surface area contributed by atoms with Crippen molar-refractivity contribution in [2.24, 2.45) is 0 Å². The molecule has 4 heteroatoms. The first-order valence-electron chi connectivity index (χ1n) is 8.19. The third-order valence-corrected chi connectivity index (χ3v) is 3.95. The maximum Gasteiger partial charge on any atom is 0.255 e. The van der Waals surface area contributed by atoms with E-state index >= 15 is 0 Å². The second-order valence-electron chi connectivity index (χ2n) is 6.20. The molecule has 126 valence electrons. The number of benzene rings is 2. The predicted octanol–water partition coefficient (Wildman–Crippen LogP) is 5.00. The highest BCUT2D eigenvalue weighted by atomic mass is 16.1. The normalized spacial score (nSPS) is 10.4. The number of rotatable bonds is 4. The molecule has 0 saturated heterocycles. The minimum Gasteiger partial charge on any atom is -0.340 e. The van der Waals surface area contributed by atoms with Crippen molar-refractivity contribution >= 4 is 23.1 Å². The molecule has 0 aliphatic carbocycles. The lowest BCUT2D eigenvalue weighted by Crippen LogP contribution is -2.12. The van der Waals surface area contributed by atoms with Gasteiger partial charge in [-0.2, -0.15) is 0 Å². The zero-order valence-corrected chi connectivity index (χ0v) is 14.6. The van der Waals surface area contributed by atoms with Crippen molar-refractivity contribution in [1.29, 1.82) is 0 Å². The van der Waals surface area contributed by atoms with E-state index in [-0.39, 0.29) is 5.91 Å². The molecule has 2 N–H and O–H groups in total. The van der Waals surface area contributed by atoms with Crippen LogP contribution in [0.15, 0.2) is 60.8 Å². The van der Waals surface area contributed by atoms with E-state index in [2.05, 4.69) is 41.6 Å². The fourth-order valence-electron chi connectivity index (χ4n) is 2.62. The van der Waals surface area contributed by atoms with E-state index < -0.39 is 0 Å². The van der Waals surface area contributed by atoms with E-state index in [9.17, 15) is 4.79 Å². The van der Waals surface area contributed by atoms with Gasteiger partial charge in [0.05, 0.1) is 11.9 Å². The molecule has 0 bridgehead atoms. The van der Waals surface area contributed by atoms with Crippen LogP contribution in [0, 0.1) is 20.8 Å². The van der Waals surface area contributed by atoms with E-state index in [1.807, 2.05) is 43.3 Å². The zero-order valence-electron chi connectivity index (χ0n) is 14.6. The molecule has 3 aromatic rings. The molecule has 0 aliphatic heterocycles. The topological polar surface area (TPSA) is 54.0 Å². The van der Waals surface area contributed by atoms with Gasteiger partial charge in [-0.05, 0) is 56.7 Å². The van der Waals surface area contributed by atoms with Gasteiger partial charge in [0.15, 0.2) is 0 Å². The van der Waals surface area contributed by atoms with Gasteiger partial charge in [-0.1, -0.05) is 35.4 Å². The van der Waals surface area contributed by atoms with Gasteiger partial charge in [0, 0.05) is 11.3 Å². The van der Waals surface area contributed by atoms with Gasteiger partial charge in [0.1, 0.15) is 5.82 Å². The quantitative estimate of drug-likeness (QED) is 0.707. The van der Waals surface area contributed by atoms with Crippen LogP contribution >= 0.6 is 0 Å². The molecule has 0 fully saturated rings. The molecule has 1 aromatic heterocycles. The van der Waals surface area contributed by atoms with Gasteiger partial charge in [-0.25, -0.2) is 4.98 Å². The van der Waals surface area contributed by atoms with Gasteiger partial charge in [0.2, 0.25) is 0 Å². The Balaban J connectivity index is 1.69. The second-order valence-corrected chi connectivity index (χ2v) is 6.20. The summed E-state index contributed by atoms with van der Waals surface area (Å²) < 4.78 is 0. The summed E-state index contributed by atoms with van der Waals surface area (Å²) in [6.45, 7) is 6.10. The lowest BCUT2D eigenvalue weighted by atomic mass is 10.1. The highest BCUT2D eigenvalue weighted by Crippen LogP contribution is 2.21. The van der Waals surface area contributed by atoms with Crippen molar-refractivity contribution in [2.75, 3.05) is 10.6 Å². The van der Waals surface area contributed by atoms with Crippen LogP contribution in [0.2, 0.25) is 0 Å². The Kier molecular flexibility index (Phi) is 4.80. The summed E-state index contributed by atoms with van der Waals surface area (Å²) in [5.74, 6) is 0.598. The molecule has 0 saturated carbocycles. The Morgan fingerprint density at radius 2 is 1.72 bits per heavy atom. The van der Waals surface area contributed by atoms with Gasteiger partial charge in [0.25, 0.3) is 5.91 Å². The summed E-state index contributed by atoms with van der Waals surface area (Å²) in [6.07, 6.45) is 1.65. The first-order chi connectivity index (χ1) is 12.0. The Morgan fingerprint density at radius 1 is 0.920 bits per heavy atom. The van der Waals surface area contributed by atoms with Crippen molar-refractivity contribution < 1.29 is 4.79 Å². The number of hydrogen-bond acceptors (Lipinski definition) is 3. The third kappa shape index (κ3) is 4.23. The number of aromatic nitrogens is 1. The second kappa shape index (κ2) is 7.18. The fraction of sp³-hybridized carbons (Fsp3) is 0.143. The van der Waals surface area contributed by atoms with Crippen molar-refractivity contribution in [3.05, 3.63) is 83.0 Å². The zero-order chi connectivity index (χ0) is 17.8. The summed E-state index contributed by atoms with van der Waals surface area (Å²) in [5, 5.41) is 6.16. The van der Waals surface area contributed by atoms with Crippen molar-refractivity contribution in [3.8, 4) is 0 Å². The smallest absolute Gasteiger partial charge is 0.255 e. The Morgan fingerprint density at radius 3 is 2.40 bits per heavy atom. The summed E-state index contributed by atoms with van der Waals surface area (Å²) in [7, 11) is 0. The number of aryl methyl sites for hydroxylation is 3. The van der Waals surface area contributed by atoms with Crippen LogP contribution in [-0.2, 0) is 0 Å². The minimum atomic E-state index is -0.138. The SMILES string of the molecule is Cc1cccc(C(=O)Nc2ccc(Nc3ccc(C)cc3C)nc2)c1. The van der Waals surface area contributed by atoms with Crippen LogP contribution < -0.4 is 10.6 Å². The van der Waals surface area contributed by atoms with Gasteiger partial charge < -0.3 is 10.6 Å². The van der Waals surface area contributed by atoms with Crippen LogP contribution in [0.1, 0.15) is 27.0 Å². The summed E-state index contributed by atoms with van der Waals surface area (Å²) in [5.41, 5.74) is 5.77. The molecule has 2 aromatic carbocycles. The van der Waals surface area contributed by atoms with Gasteiger partial charge in [-0.3, -0.25) is 4.79 Å². The highest BCUT2D eigenvalue weighted by Gasteiger charge is 2.07. The van der Waals surface area contributed by atoms with Gasteiger partial charge >= 0.3 is 0 Å². The first kappa shape index (κ1) is 16.7. The maximum absolute atomic E-state index is 12.3. The number of carbonyl (C=O) groups excluding carboxylic acids is 1. The molecule has 1 heterocycles. The Hall–Kier alpha value is -3.14. The molecule has 0 unspecified atom stereocenters. The van der Waals surface area contributed by atoms with Crippen LogP contribution in [0.4, 0.5) is 17.2 Å². The largest absolute Gasteiger partial charge is 0.340 e. The highest BCUT2D eigenvalue weighted by molar-refractivity contribution is 6.04. The van der Waals surface area contributed by atoms with Crippen molar-refractivity contribution in [3.63, 3.8) is 0 Å². The van der Waals surface area contributed by atoms with Crippen LogP contribution in [0.25, 0.3) is 0 Å². The molecule has 0 spiro atoms. The van der Waals surface area contributed by atoms with Crippen LogP contribution in [0.5, 0.6) is 0 Å². The number of hydrogen-bond donors (Lipinski definition) is 2. The van der Waals surface area contributed by atoms with Gasteiger partial charge in [-0.15, -0.1) is 0 Å². The standard InChI is InChI=1S/C21H21N3O/c1-14-5-4-6-17(12-14)21(25)23-18-8-10-20(22-13-18)24-19-9-7-15(2)11-16(19)3/h4-13H,1-3H3,(H,22,24)(H,23,25). The minimum absolute atomic E-state index is 0.138. The number of nitrogens with zero attached hydrogens (tertiary/aromatic N) is 1. The van der Waals surface area contributed by atoms with Crippen LogP contribution in [-0.4, -0.2) is 10.9 Å². The lowest BCUT2D eigenvalue weighted by Gasteiger charge is -2.10. The number of anilines is 3. The van der Waals surface area contributed by atoms with E-state index in [1.54, 1.807) is 12.3 Å². The van der Waals surface area contributed by atoms with E-state index in [1.165, 1.54) is 11.1 Å². The lowest BCUT2D eigenvalue weighted by molar-refractivity contribution is 0.102. The number of amides is 1. The van der Waals surface area contributed by atoms with E-state index in [4.69, 9.17) is 0 Å². The van der Waals surface area contributed by atoms with Crippen molar-refractivity contribution in [1.82, 2.24) is 4.98 Å². The maximum atomic E-state index is 12.3. The molecular formula is C21H21N3O. The van der Waals surface area contributed by atoms with Crippen molar-refractivity contribution in [2.45, 2.75) is 20.8 Å². The average Bonchev–Trinajstić information content (AvgIpc) is 2.59. The number of carbonyl (C=O) groups is 1. The van der Waals surface area contributed by atoms with E-state index in [0.29, 0.717) is 11.3 Å². The molecule has 0 aliphatic rings. The summed E-state index contributed by atoms with van der Waals surface area (Å²) in [4.78, 5) is 16.6. The fourth-order valence-corrected chi connectivity index (χ4v) is 2.62. The summed E-state index contributed by atoms with van der Waals surface area (Å²) in [6, 6.07) is 17.4. The third-order valence-electron chi connectivity index (χ3n) is 3.95. The van der Waals surface area contributed by atoms with E-state index in [0.717, 1.165) is 17.1 Å². The molecule has 0 radical (unpaired) electrons. The summed E-state index contributed by atoms with van der Waals surface area (Å²) >= 11 is 0. The molecule has 3 rings (SSSR count). The number of pyridine rings is 1. The predicted molar refractivity (Wildman–Crippen MR) is 103 cm³/mol. The average molecular weight is 331 g/mol. The number of nitrogens with one attached hydrogen (secondary N) is 2. The molecule has 1 amide bonds. The first-order valence-corrected chi connectivity index (χ1v) is 8.19. The molecule has 0 atom stereocenters. The monoisotopic (exact) mass is 331 g/mol. The molecule has 25 heavy (non-hydrogen) atoms. The van der Waals surface area contributed by atoms with Crippen LogP contribution in [0.3, 0.4) is 0 Å². The molecule has 4 nitrogen and oxygen atoms in total.